The maximum atomic E-state index is 6.13. The highest BCUT2D eigenvalue weighted by atomic mass is 16.5. The molecular weight excluding hydrogens is 234 g/mol. The molecule has 0 bridgehead atoms. The topological polar surface area (TPSA) is 21.3 Å². The molecule has 0 saturated heterocycles. The number of nitrogens with one attached hydrogen (secondary N) is 1. The first-order chi connectivity index (χ1) is 9.20. The number of benzene rings is 1. The monoisotopic (exact) mass is 261 g/mol. The third kappa shape index (κ3) is 3.97. The highest BCUT2D eigenvalue weighted by Gasteiger charge is 2.17. The molecule has 2 rings (SSSR count). The lowest BCUT2D eigenvalue weighted by atomic mass is 10.0. The second-order valence-electron chi connectivity index (χ2n) is 5.78. The van der Waals surface area contributed by atoms with E-state index in [4.69, 9.17) is 4.74 Å². The molecule has 1 atom stereocenters. The van der Waals surface area contributed by atoms with Gasteiger partial charge in [-0.2, -0.15) is 0 Å². The minimum absolute atomic E-state index is 0.351. The van der Waals surface area contributed by atoms with E-state index in [0.29, 0.717) is 6.04 Å². The molecule has 1 saturated carbocycles. The van der Waals surface area contributed by atoms with Crippen molar-refractivity contribution in [2.24, 2.45) is 5.92 Å². The van der Waals surface area contributed by atoms with Crippen LogP contribution in [0.2, 0.25) is 0 Å². The fraction of sp³-hybridized carbons (Fsp3) is 0.647. The average molecular weight is 261 g/mol. The number of aryl methyl sites for hydroxylation is 1. The number of rotatable bonds is 6. The summed E-state index contributed by atoms with van der Waals surface area (Å²) in [6, 6.07) is 6.90. The van der Waals surface area contributed by atoms with Gasteiger partial charge in [0, 0.05) is 11.6 Å². The fourth-order valence-corrected chi connectivity index (χ4v) is 2.93. The van der Waals surface area contributed by atoms with Gasteiger partial charge in [-0.3, -0.25) is 0 Å². The first-order valence-corrected chi connectivity index (χ1v) is 7.67. The Labute approximate surface area is 117 Å². The van der Waals surface area contributed by atoms with E-state index in [1.807, 2.05) is 0 Å². The van der Waals surface area contributed by atoms with Gasteiger partial charge in [-0.05, 0) is 50.8 Å². The molecule has 1 fully saturated rings. The summed E-state index contributed by atoms with van der Waals surface area (Å²) in [7, 11) is 0. The van der Waals surface area contributed by atoms with E-state index in [1.165, 1.54) is 36.8 Å². The van der Waals surface area contributed by atoms with Gasteiger partial charge in [0.25, 0.3) is 0 Å². The smallest absolute Gasteiger partial charge is 0.124 e. The Morgan fingerprint density at radius 3 is 2.74 bits per heavy atom. The van der Waals surface area contributed by atoms with Crippen molar-refractivity contribution in [2.75, 3.05) is 13.2 Å². The summed E-state index contributed by atoms with van der Waals surface area (Å²) in [6.45, 7) is 8.34. The number of ether oxygens (including phenoxy) is 1. The molecule has 0 spiro atoms. The summed E-state index contributed by atoms with van der Waals surface area (Å²) >= 11 is 0. The molecule has 0 radical (unpaired) electrons. The second kappa shape index (κ2) is 6.95. The van der Waals surface area contributed by atoms with Gasteiger partial charge in [-0.1, -0.05) is 31.9 Å². The summed E-state index contributed by atoms with van der Waals surface area (Å²) in [6.07, 6.45) is 5.43. The normalized spacial score (nSPS) is 17.6. The number of hydrogen-bond acceptors (Lipinski definition) is 2. The zero-order chi connectivity index (χ0) is 13.7. The van der Waals surface area contributed by atoms with E-state index in [1.54, 1.807) is 0 Å². The molecular formula is C17H27NO. The Kier molecular flexibility index (Phi) is 5.26. The van der Waals surface area contributed by atoms with Crippen molar-refractivity contribution in [3.8, 4) is 5.75 Å². The van der Waals surface area contributed by atoms with Gasteiger partial charge in [0.1, 0.15) is 5.75 Å². The predicted octanol–water partition coefficient (Wildman–Crippen LogP) is 4.23. The third-order valence-electron chi connectivity index (χ3n) is 4.10. The first kappa shape index (κ1) is 14.4. The second-order valence-corrected chi connectivity index (χ2v) is 5.78. The zero-order valence-corrected chi connectivity index (χ0v) is 12.5. The van der Waals surface area contributed by atoms with Crippen molar-refractivity contribution in [2.45, 2.75) is 52.5 Å². The molecule has 0 aliphatic heterocycles. The third-order valence-corrected chi connectivity index (χ3v) is 4.10. The molecule has 2 heteroatoms. The Morgan fingerprint density at radius 1 is 1.32 bits per heavy atom. The van der Waals surface area contributed by atoms with Crippen LogP contribution in [0.15, 0.2) is 18.2 Å². The SMILES string of the molecule is CCNC(C)c1ccc(C)cc1OCC1CCCC1. The molecule has 1 aromatic rings. The van der Waals surface area contributed by atoms with Gasteiger partial charge < -0.3 is 10.1 Å². The summed E-state index contributed by atoms with van der Waals surface area (Å²) in [5.74, 6) is 1.84. The van der Waals surface area contributed by atoms with Crippen molar-refractivity contribution < 1.29 is 4.74 Å². The molecule has 19 heavy (non-hydrogen) atoms. The highest BCUT2D eigenvalue weighted by Crippen LogP contribution is 2.29. The molecule has 1 unspecified atom stereocenters. The van der Waals surface area contributed by atoms with Gasteiger partial charge in [0.15, 0.2) is 0 Å². The van der Waals surface area contributed by atoms with Crippen molar-refractivity contribution in [1.82, 2.24) is 5.32 Å². The Bertz CT molecular complexity index is 396. The van der Waals surface area contributed by atoms with Gasteiger partial charge in [-0.15, -0.1) is 0 Å². The largest absolute Gasteiger partial charge is 0.493 e. The highest BCUT2D eigenvalue weighted by molar-refractivity contribution is 5.39. The van der Waals surface area contributed by atoms with Crippen molar-refractivity contribution >= 4 is 0 Å². The van der Waals surface area contributed by atoms with Gasteiger partial charge in [0.2, 0.25) is 0 Å². The van der Waals surface area contributed by atoms with E-state index in [0.717, 1.165) is 24.8 Å². The predicted molar refractivity (Wildman–Crippen MR) is 80.7 cm³/mol. The Balaban J connectivity index is 2.05. The summed E-state index contributed by atoms with van der Waals surface area (Å²) in [5.41, 5.74) is 2.55. The summed E-state index contributed by atoms with van der Waals surface area (Å²) in [5, 5.41) is 3.47. The molecule has 1 N–H and O–H groups in total. The van der Waals surface area contributed by atoms with Gasteiger partial charge in [-0.25, -0.2) is 0 Å². The van der Waals surface area contributed by atoms with Crippen LogP contribution in [0.4, 0.5) is 0 Å². The minimum Gasteiger partial charge on any atom is -0.493 e. The maximum absolute atomic E-state index is 6.13. The molecule has 2 nitrogen and oxygen atoms in total. The fourth-order valence-electron chi connectivity index (χ4n) is 2.93. The van der Waals surface area contributed by atoms with Crippen LogP contribution in [0, 0.1) is 12.8 Å². The lowest BCUT2D eigenvalue weighted by Crippen LogP contribution is -2.19. The molecule has 106 valence electrons. The van der Waals surface area contributed by atoms with Crippen LogP contribution in [0.5, 0.6) is 5.75 Å². The van der Waals surface area contributed by atoms with Crippen molar-refractivity contribution in [3.63, 3.8) is 0 Å². The summed E-state index contributed by atoms with van der Waals surface area (Å²) in [4.78, 5) is 0. The molecule has 1 aliphatic rings. The van der Waals surface area contributed by atoms with E-state index in [-0.39, 0.29) is 0 Å². The van der Waals surface area contributed by atoms with Gasteiger partial charge in [0.05, 0.1) is 6.61 Å². The van der Waals surface area contributed by atoms with E-state index < -0.39 is 0 Å². The molecule has 1 aromatic carbocycles. The minimum atomic E-state index is 0.351. The Morgan fingerprint density at radius 2 is 2.05 bits per heavy atom. The first-order valence-electron chi connectivity index (χ1n) is 7.67. The average Bonchev–Trinajstić information content (AvgIpc) is 2.89. The zero-order valence-electron chi connectivity index (χ0n) is 12.5. The van der Waals surface area contributed by atoms with Crippen LogP contribution < -0.4 is 10.1 Å². The van der Waals surface area contributed by atoms with E-state index in [2.05, 4.69) is 44.3 Å². The Hall–Kier alpha value is -1.02. The molecule has 0 heterocycles. The summed E-state index contributed by atoms with van der Waals surface area (Å²) < 4.78 is 6.13. The van der Waals surface area contributed by atoms with Crippen LogP contribution in [0.3, 0.4) is 0 Å². The van der Waals surface area contributed by atoms with Crippen molar-refractivity contribution in [3.05, 3.63) is 29.3 Å². The van der Waals surface area contributed by atoms with E-state index >= 15 is 0 Å². The van der Waals surface area contributed by atoms with E-state index in [9.17, 15) is 0 Å². The lowest BCUT2D eigenvalue weighted by Gasteiger charge is -2.19. The lowest BCUT2D eigenvalue weighted by molar-refractivity contribution is 0.248. The van der Waals surface area contributed by atoms with Gasteiger partial charge >= 0.3 is 0 Å². The number of hydrogen-bond donors (Lipinski definition) is 1. The quantitative estimate of drug-likeness (QED) is 0.827. The molecule has 1 aliphatic carbocycles. The standard InChI is InChI=1S/C17H27NO/c1-4-18-14(3)16-10-9-13(2)11-17(16)19-12-15-7-5-6-8-15/h9-11,14-15,18H,4-8,12H2,1-3H3. The van der Waals surface area contributed by atoms with Crippen LogP contribution in [-0.2, 0) is 0 Å². The van der Waals surface area contributed by atoms with Crippen LogP contribution >= 0.6 is 0 Å². The van der Waals surface area contributed by atoms with Crippen LogP contribution in [0.1, 0.15) is 56.7 Å². The van der Waals surface area contributed by atoms with Crippen LogP contribution in [-0.4, -0.2) is 13.2 Å². The van der Waals surface area contributed by atoms with Crippen molar-refractivity contribution in [1.29, 1.82) is 0 Å². The molecule has 0 amide bonds. The van der Waals surface area contributed by atoms with Crippen LogP contribution in [0.25, 0.3) is 0 Å². The molecule has 0 aromatic heterocycles. The maximum Gasteiger partial charge on any atom is 0.124 e.